The minimum absolute atomic E-state index is 0.0598. The van der Waals surface area contributed by atoms with E-state index in [4.69, 9.17) is 0 Å². The molecular weight excluding hydrogens is 254 g/mol. The van der Waals surface area contributed by atoms with Crippen molar-refractivity contribution in [2.75, 3.05) is 0 Å². The molecule has 1 aromatic rings. The number of rotatable bonds is 3. The molecule has 4 aliphatic carbocycles. The lowest BCUT2D eigenvalue weighted by atomic mass is 9.53. The summed E-state index contributed by atoms with van der Waals surface area (Å²) in [5.41, 5.74) is 0.0598. The van der Waals surface area contributed by atoms with Crippen molar-refractivity contribution in [3.8, 4) is 0 Å². The highest BCUT2D eigenvalue weighted by molar-refractivity contribution is 5.74. The molecule has 4 bridgehead atoms. The molecule has 1 heterocycles. The Kier molecular flexibility index (Phi) is 2.51. The predicted octanol–water partition coefficient (Wildman–Crippen LogP) is 2.39. The largest absolute Gasteiger partial charge is 0.481 e. The van der Waals surface area contributed by atoms with E-state index in [1.54, 1.807) is 6.92 Å². The molecule has 20 heavy (non-hydrogen) atoms. The fourth-order valence-corrected chi connectivity index (χ4v) is 5.35. The van der Waals surface area contributed by atoms with Crippen LogP contribution in [0.5, 0.6) is 0 Å². The van der Waals surface area contributed by atoms with Gasteiger partial charge in [-0.15, -0.1) is 0 Å². The molecule has 1 atom stereocenters. The molecule has 1 unspecified atom stereocenters. The molecule has 5 heteroatoms. The molecule has 0 spiro atoms. The molecule has 0 amide bonds. The Morgan fingerprint density at radius 1 is 1.30 bits per heavy atom. The molecule has 5 rings (SSSR count). The summed E-state index contributed by atoms with van der Waals surface area (Å²) in [6.45, 7) is 1.71. The lowest BCUT2D eigenvalue weighted by Gasteiger charge is -2.56. The molecule has 0 aliphatic heterocycles. The van der Waals surface area contributed by atoms with Crippen molar-refractivity contribution in [3.63, 3.8) is 0 Å². The fourth-order valence-electron chi connectivity index (χ4n) is 5.35. The van der Waals surface area contributed by atoms with Crippen molar-refractivity contribution in [3.05, 3.63) is 12.2 Å². The van der Waals surface area contributed by atoms with Gasteiger partial charge in [0, 0.05) is 0 Å². The van der Waals surface area contributed by atoms with Crippen molar-refractivity contribution >= 4 is 5.97 Å². The predicted molar refractivity (Wildman–Crippen MR) is 72.2 cm³/mol. The van der Waals surface area contributed by atoms with Crippen molar-refractivity contribution in [2.24, 2.45) is 17.8 Å². The summed E-state index contributed by atoms with van der Waals surface area (Å²) in [6, 6.07) is 0. The van der Waals surface area contributed by atoms with E-state index in [-0.39, 0.29) is 5.54 Å². The van der Waals surface area contributed by atoms with E-state index in [1.807, 2.05) is 4.68 Å². The van der Waals surface area contributed by atoms with E-state index in [0.717, 1.165) is 17.8 Å². The summed E-state index contributed by atoms with van der Waals surface area (Å²) in [7, 11) is 0. The smallest absolute Gasteiger partial charge is 0.313 e. The van der Waals surface area contributed by atoms with Crippen LogP contribution < -0.4 is 0 Å². The second-order valence-electron chi connectivity index (χ2n) is 7.23. The molecule has 0 aromatic carbocycles. The minimum Gasteiger partial charge on any atom is -0.481 e. The van der Waals surface area contributed by atoms with Gasteiger partial charge < -0.3 is 5.11 Å². The van der Waals surface area contributed by atoms with Gasteiger partial charge in [0.1, 0.15) is 18.1 Å². The summed E-state index contributed by atoms with van der Waals surface area (Å²) >= 11 is 0. The second-order valence-corrected chi connectivity index (χ2v) is 7.23. The molecule has 4 saturated carbocycles. The van der Waals surface area contributed by atoms with E-state index in [1.165, 1.54) is 44.9 Å². The topological polar surface area (TPSA) is 68.0 Å². The van der Waals surface area contributed by atoms with E-state index >= 15 is 0 Å². The first-order valence-electron chi connectivity index (χ1n) is 7.70. The van der Waals surface area contributed by atoms with Gasteiger partial charge in [0.15, 0.2) is 0 Å². The molecule has 108 valence electrons. The molecular formula is C15H21N3O2. The number of aromatic nitrogens is 3. The highest BCUT2D eigenvalue weighted by Crippen LogP contribution is 2.58. The maximum Gasteiger partial charge on any atom is 0.313 e. The lowest BCUT2D eigenvalue weighted by Crippen LogP contribution is -2.52. The average molecular weight is 275 g/mol. The Bertz CT molecular complexity index is 516. The quantitative estimate of drug-likeness (QED) is 0.919. The Morgan fingerprint density at radius 3 is 2.35 bits per heavy atom. The molecule has 1 aromatic heterocycles. The third-order valence-corrected chi connectivity index (χ3v) is 5.79. The Balaban J connectivity index is 1.74. The van der Waals surface area contributed by atoms with Crippen molar-refractivity contribution in [2.45, 2.75) is 56.9 Å². The van der Waals surface area contributed by atoms with E-state index in [2.05, 4.69) is 10.1 Å². The number of aliphatic carboxylic acids is 1. The summed E-state index contributed by atoms with van der Waals surface area (Å²) in [5, 5.41) is 13.7. The maximum absolute atomic E-state index is 11.3. The van der Waals surface area contributed by atoms with Gasteiger partial charge >= 0.3 is 5.97 Å². The zero-order valence-corrected chi connectivity index (χ0v) is 11.8. The Hall–Kier alpha value is -1.39. The van der Waals surface area contributed by atoms with Gasteiger partial charge in [-0.25, -0.2) is 9.67 Å². The van der Waals surface area contributed by atoms with Gasteiger partial charge in [0.2, 0.25) is 0 Å². The van der Waals surface area contributed by atoms with Crippen molar-refractivity contribution < 1.29 is 9.90 Å². The summed E-state index contributed by atoms with van der Waals surface area (Å²) < 4.78 is 2.00. The summed E-state index contributed by atoms with van der Waals surface area (Å²) in [5.74, 6) is 1.70. The van der Waals surface area contributed by atoms with Crippen LogP contribution >= 0.6 is 0 Å². The molecule has 4 aliphatic rings. The van der Waals surface area contributed by atoms with Crippen molar-refractivity contribution in [1.29, 1.82) is 0 Å². The lowest BCUT2D eigenvalue weighted by molar-refractivity contribution is -0.138. The van der Waals surface area contributed by atoms with Gasteiger partial charge in [-0.2, -0.15) is 5.10 Å². The second kappa shape index (κ2) is 4.06. The van der Waals surface area contributed by atoms with Crippen LogP contribution in [0.3, 0.4) is 0 Å². The molecule has 0 radical (unpaired) electrons. The van der Waals surface area contributed by atoms with Crippen LogP contribution in [0.15, 0.2) is 6.33 Å². The fraction of sp³-hybridized carbons (Fsp3) is 0.800. The third-order valence-electron chi connectivity index (χ3n) is 5.79. The first kappa shape index (κ1) is 12.4. The number of hydrogen-bond acceptors (Lipinski definition) is 3. The SMILES string of the molecule is CC(C(=O)O)c1ncnn1C12CC3CC(CC(C3)C1)C2. The zero-order chi connectivity index (χ0) is 13.9. The average Bonchev–Trinajstić information content (AvgIpc) is 2.85. The van der Waals surface area contributed by atoms with Crippen LogP contribution in [0.4, 0.5) is 0 Å². The molecule has 5 nitrogen and oxygen atoms in total. The standard InChI is InChI=1S/C15H21N3O2/c1-9(14(19)20)13-16-8-17-18(13)15-5-10-2-11(6-15)4-12(3-10)7-15/h8-12H,2-7H2,1H3,(H,19,20). The van der Waals surface area contributed by atoms with E-state index in [9.17, 15) is 9.90 Å². The molecule has 4 fully saturated rings. The molecule has 1 N–H and O–H groups in total. The zero-order valence-electron chi connectivity index (χ0n) is 11.8. The summed E-state index contributed by atoms with van der Waals surface area (Å²) in [6.07, 6.45) is 9.16. The van der Waals surface area contributed by atoms with Crippen LogP contribution in [-0.4, -0.2) is 25.8 Å². The maximum atomic E-state index is 11.3. The number of carboxylic acids is 1. The highest BCUT2D eigenvalue weighted by Gasteiger charge is 2.53. The first-order chi connectivity index (χ1) is 9.57. The van der Waals surface area contributed by atoms with Crippen LogP contribution in [0.1, 0.15) is 57.2 Å². The Labute approximate surface area is 118 Å². The third kappa shape index (κ3) is 1.64. The summed E-state index contributed by atoms with van der Waals surface area (Å²) in [4.78, 5) is 15.6. The van der Waals surface area contributed by atoms with E-state index < -0.39 is 11.9 Å². The van der Waals surface area contributed by atoms with Crippen LogP contribution in [0, 0.1) is 17.8 Å². The van der Waals surface area contributed by atoms with Crippen LogP contribution in [-0.2, 0) is 10.3 Å². The first-order valence-corrected chi connectivity index (χ1v) is 7.70. The minimum atomic E-state index is -0.816. The molecule has 0 saturated heterocycles. The number of nitrogens with zero attached hydrogens (tertiary/aromatic N) is 3. The van der Waals surface area contributed by atoms with Gasteiger partial charge in [-0.3, -0.25) is 4.79 Å². The van der Waals surface area contributed by atoms with Gasteiger partial charge in [-0.05, 0) is 63.2 Å². The van der Waals surface area contributed by atoms with Crippen LogP contribution in [0.2, 0.25) is 0 Å². The van der Waals surface area contributed by atoms with Crippen molar-refractivity contribution in [1.82, 2.24) is 14.8 Å². The normalized spacial score (nSPS) is 40.0. The highest BCUT2D eigenvalue weighted by atomic mass is 16.4. The van der Waals surface area contributed by atoms with Gasteiger partial charge in [-0.1, -0.05) is 0 Å². The van der Waals surface area contributed by atoms with Gasteiger partial charge in [0.05, 0.1) is 5.54 Å². The van der Waals surface area contributed by atoms with E-state index in [0.29, 0.717) is 5.82 Å². The van der Waals surface area contributed by atoms with Gasteiger partial charge in [0.25, 0.3) is 0 Å². The monoisotopic (exact) mass is 275 g/mol. The number of hydrogen-bond donors (Lipinski definition) is 1. The van der Waals surface area contributed by atoms with Crippen LogP contribution in [0.25, 0.3) is 0 Å². The Morgan fingerprint density at radius 2 is 1.85 bits per heavy atom. The number of carboxylic acid groups (broad SMARTS) is 1. The number of carbonyl (C=O) groups is 1.